The summed E-state index contributed by atoms with van der Waals surface area (Å²) in [5, 5.41) is 5.67. The third-order valence-corrected chi connectivity index (χ3v) is 7.00. The minimum Gasteiger partial charge on any atom is -0.338 e. The maximum atomic E-state index is 12.5. The Kier molecular flexibility index (Phi) is 5.82. The van der Waals surface area contributed by atoms with E-state index in [0.29, 0.717) is 36.7 Å². The molecule has 6 nitrogen and oxygen atoms in total. The second kappa shape index (κ2) is 7.43. The molecule has 2 amide bonds. The molecular weight excluding hydrogens is 322 g/mol. The highest BCUT2D eigenvalue weighted by Gasteiger charge is 2.30. The Hall–Kier alpha value is -1.12. The summed E-state index contributed by atoms with van der Waals surface area (Å²) in [7, 11) is -3.38. The number of nitrogens with one attached hydrogen (secondary N) is 2. The van der Waals surface area contributed by atoms with Gasteiger partial charge in [0.15, 0.2) is 0 Å². The van der Waals surface area contributed by atoms with E-state index in [9.17, 15) is 13.2 Å². The molecule has 22 heavy (non-hydrogen) atoms. The Morgan fingerprint density at radius 1 is 1.36 bits per heavy atom. The lowest BCUT2D eigenvalue weighted by atomic mass is 10.1. The van der Waals surface area contributed by atoms with E-state index in [1.807, 2.05) is 19.9 Å². The number of urea groups is 1. The lowest BCUT2D eigenvalue weighted by Gasteiger charge is -2.31. The van der Waals surface area contributed by atoms with E-state index in [4.69, 9.17) is 0 Å². The first-order chi connectivity index (χ1) is 10.4. The molecular formula is C14H23N3O3S2. The van der Waals surface area contributed by atoms with Crippen LogP contribution in [0.15, 0.2) is 16.3 Å². The molecule has 1 saturated heterocycles. The largest absolute Gasteiger partial charge is 0.338 e. The SMILES string of the molecule is CCCNC(=O)NC1CCN(S(=O)(=O)c2ccc(C)s2)CC1. The van der Waals surface area contributed by atoms with Gasteiger partial charge in [0, 0.05) is 30.6 Å². The summed E-state index contributed by atoms with van der Waals surface area (Å²) < 4.78 is 26.9. The molecule has 1 aromatic heterocycles. The Balaban J connectivity index is 1.88. The summed E-state index contributed by atoms with van der Waals surface area (Å²) in [6.45, 7) is 5.43. The summed E-state index contributed by atoms with van der Waals surface area (Å²) in [4.78, 5) is 12.6. The number of thiophene rings is 1. The van der Waals surface area contributed by atoms with Gasteiger partial charge in [0.25, 0.3) is 10.0 Å². The number of amides is 2. The molecule has 1 aliphatic heterocycles. The number of sulfonamides is 1. The lowest BCUT2D eigenvalue weighted by molar-refractivity contribution is 0.227. The van der Waals surface area contributed by atoms with Crippen LogP contribution in [0.1, 0.15) is 31.1 Å². The molecule has 124 valence electrons. The third kappa shape index (κ3) is 4.21. The molecule has 0 aromatic carbocycles. The lowest BCUT2D eigenvalue weighted by Crippen LogP contribution is -2.49. The van der Waals surface area contributed by atoms with E-state index in [2.05, 4.69) is 10.6 Å². The van der Waals surface area contributed by atoms with Crippen molar-refractivity contribution in [2.24, 2.45) is 0 Å². The van der Waals surface area contributed by atoms with Crippen molar-refractivity contribution in [1.82, 2.24) is 14.9 Å². The molecule has 1 fully saturated rings. The predicted octanol–water partition coefficient (Wildman–Crippen LogP) is 1.92. The van der Waals surface area contributed by atoms with Crippen molar-refractivity contribution >= 4 is 27.4 Å². The molecule has 2 heterocycles. The van der Waals surface area contributed by atoms with Gasteiger partial charge in [-0.25, -0.2) is 13.2 Å². The number of aryl methyl sites for hydroxylation is 1. The fraction of sp³-hybridized carbons (Fsp3) is 0.643. The van der Waals surface area contributed by atoms with Crippen LogP contribution in [0, 0.1) is 6.92 Å². The van der Waals surface area contributed by atoms with Crippen molar-refractivity contribution in [1.29, 1.82) is 0 Å². The van der Waals surface area contributed by atoms with Gasteiger partial charge in [0.1, 0.15) is 4.21 Å². The van der Waals surface area contributed by atoms with Crippen LogP contribution in [-0.4, -0.2) is 44.4 Å². The van der Waals surface area contributed by atoms with Gasteiger partial charge in [-0.15, -0.1) is 11.3 Å². The van der Waals surface area contributed by atoms with Crippen LogP contribution in [-0.2, 0) is 10.0 Å². The summed E-state index contributed by atoms with van der Waals surface area (Å²) >= 11 is 1.30. The van der Waals surface area contributed by atoms with E-state index in [-0.39, 0.29) is 12.1 Å². The molecule has 0 radical (unpaired) electrons. The minimum absolute atomic E-state index is 0.0355. The molecule has 8 heteroatoms. The van der Waals surface area contributed by atoms with E-state index in [0.717, 1.165) is 11.3 Å². The number of hydrogen-bond donors (Lipinski definition) is 2. The maximum absolute atomic E-state index is 12.5. The average Bonchev–Trinajstić information content (AvgIpc) is 2.93. The zero-order valence-corrected chi connectivity index (χ0v) is 14.6. The number of rotatable bonds is 5. The van der Waals surface area contributed by atoms with Crippen LogP contribution in [0.5, 0.6) is 0 Å². The van der Waals surface area contributed by atoms with Crippen LogP contribution in [0.25, 0.3) is 0 Å². The monoisotopic (exact) mass is 345 g/mol. The molecule has 1 aliphatic rings. The third-order valence-electron chi connectivity index (χ3n) is 3.63. The van der Waals surface area contributed by atoms with E-state index in [1.165, 1.54) is 15.6 Å². The average molecular weight is 345 g/mol. The fourth-order valence-corrected chi connectivity index (χ4v) is 5.30. The van der Waals surface area contributed by atoms with Crippen molar-refractivity contribution in [3.8, 4) is 0 Å². The highest BCUT2D eigenvalue weighted by Crippen LogP contribution is 2.26. The Labute approximate surface area is 135 Å². The number of hydrogen-bond acceptors (Lipinski definition) is 4. The summed E-state index contributed by atoms with van der Waals surface area (Å²) in [6, 6.07) is 3.35. The van der Waals surface area contributed by atoms with Gasteiger partial charge in [-0.1, -0.05) is 6.92 Å². The standard InChI is InChI=1S/C14H23N3O3S2/c1-3-8-15-14(18)16-12-6-9-17(10-7-12)22(19,20)13-5-4-11(2)21-13/h4-5,12H,3,6-10H2,1-2H3,(H2,15,16,18). The quantitative estimate of drug-likeness (QED) is 0.856. The van der Waals surface area contributed by atoms with Crippen molar-refractivity contribution in [3.05, 3.63) is 17.0 Å². The summed E-state index contributed by atoms with van der Waals surface area (Å²) in [5.74, 6) is 0. The Morgan fingerprint density at radius 3 is 2.59 bits per heavy atom. The van der Waals surface area contributed by atoms with E-state index >= 15 is 0 Å². The zero-order chi connectivity index (χ0) is 16.2. The van der Waals surface area contributed by atoms with Crippen molar-refractivity contribution in [2.45, 2.75) is 43.4 Å². The van der Waals surface area contributed by atoms with Crippen LogP contribution < -0.4 is 10.6 Å². The highest BCUT2D eigenvalue weighted by molar-refractivity contribution is 7.91. The number of carbonyl (C=O) groups is 1. The summed E-state index contributed by atoms with van der Waals surface area (Å²) in [5.41, 5.74) is 0. The minimum atomic E-state index is -3.38. The van der Waals surface area contributed by atoms with Crippen LogP contribution in [0.4, 0.5) is 4.79 Å². The topological polar surface area (TPSA) is 78.5 Å². The van der Waals surface area contributed by atoms with Crippen LogP contribution in [0.3, 0.4) is 0 Å². The van der Waals surface area contributed by atoms with Crippen LogP contribution >= 0.6 is 11.3 Å². The number of carbonyl (C=O) groups excluding carboxylic acids is 1. The smallest absolute Gasteiger partial charge is 0.315 e. The number of nitrogens with zero attached hydrogens (tertiary/aromatic N) is 1. The van der Waals surface area contributed by atoms with Gasteiger partial charge in [-0.3, -0.25) is 0 Å². The van der Waals surface area contributed by atoms with Gasteiger partial charge in [0.05, 0.1) is 0 Å². The zero-order valence-electron chi connectivity index (χ0n) is 13.0. The summed E-state index contributed by atoms with van der Waals surface area (Å²) in [6.07, 6.45) is 2.18. The molecule has 2 N–H and O–H groups in total. The van der Waals surface area contributed by atoms with E-state index in [1.54, 1.807) is 6.07 Å². The second-order valence-corrected chi connectivity index (χ2v) is 8.90. The molecule has 2 rings (SSSR count). The first-order valence-electron chi connectivity index (χ1n) is 7.54. The molecule has 0 spiro atoms. The molecule has 0 unspecified atom stereocenters. The Morgan fingerprint density at radius 2 is 2.05 bits per heavy atom. The van der Waals surface area contributed by atoms with Gasteiger partial charge in [-0.2, -0.15) is 4.31 Å². The van der Waals surface area contributed by atoms with E-state index < -0.39 is 10.0 Å². The van der Waals surface area contributed by atoms with Crippen molar-refractivity contribution < 1.29 is 13.2 Å². The molecule has 0 atom stereocenters. The van der Waals surface area contributed by atoms with Crippen molar-refractivity contribution in [3.63, 3.8) is 0 Å². The molecule has 1 aromatic rings. The van der Waals surface area contributed by atoms with Crippen molar-refractivity contribution in [2.75, 3.05) is 19.6 Å². The maximum Gasteiger partial charge on any atom is 0.315 e. The molecule has 0 bridgehead atoms. The second-order valence-electron chi connectivity index (χ2n) is 5.44. The van der Waals surface area contributed by atoms with Gasteiger partial charge >= 0.3 is 6.03 Å². The molecule has 0 aliphatic carbocycles. The number of piperidine rings is 1. The van der Waals surface area contributed by atoms with Gasteiger partial charge < -0.3 is 10.6 Å². The van der Waals surface area contributed by atoms with Gasteiger partial charge in [-0.05, 0) is 38.3 Å². The Bertz CT molecular complexity index is 605. The molecule has 0 saturated carbocycles. The highest BCUT2D eigenvalue weighted by atomic mass is 32.2. The normalized spacial score (nSPS) is 17.4. The first-order valence-corrected chi connectivity index (χ1v) is 9.80. The van der Waals surface area contributed by atoms with Crippen LogP contribution in [0.2, 0.25) is 0 Å². The predicted molar refractivity (Wildman–Crippen MR) is 87.7 cm³/mol. The fourth-order valence-electron chi connectivity index (χ4n) is 2.39. The first kappa shape index (κ1) is 17.2. The van der Waals surface area contributed by atoms with Gasteiger partial charge in [0.2, 0.25) is 0 Å².